The summed E-state index contributed by atoms with van der Waals surface area (Å²) in [5, 5.41) is 0.0963. The Labute approximate surface area is 123 Å². The van der Waals surface area contributed by atoms with Gasteiger partial charge in [0.05, 0.1) is 17.6 Å². The molecule has 10 heteroatoms. The van der Waals surface area contributed by atoms with Gasteiger partial charge in [-0.2, -0.15) is 4.98 Å². The Morgan fingerprint density at radius 1 is 1.37 bits per heavy atom. The highest BCUT2D eigenvalue weighted by Gasteiger charge is 2.20. The first-order valence-corrected chi connectivity index (χ1v) is 7.82. The van der Waals surface area contributed by atoms with Gasteiger partial charge >= 0.3 is 0 Å². The molecule has 6 nitrogen and oxygen atoms in total. The van der Waals surface area contributed by atoms with Gasteiger partial charge in [-0.05, 0) is 12.1 Å². The number of halogens is 2. The lowest BCUT2D eigenvalue weighted by molar-refractivity contribution is 0.398. The van der Waals surface area contributed by atoms with Crippen LogP contribution in [0, 0.1) is 0 Å². The minimum absolute atomic E-state index is 0.0151. The molecular weight excluding hydrogens is 333 g/mol. The van der Waals surface area contributed by atoms with Gasteiger partial charge in [-0.15, -0.1) is 11.3 Å². The second kappa shape index (κ2) is 5.49. The molecule has 0 radical (unpaired) electrons. The second-order valence-corrected chi connectivity index (χ2v) is 7.23. The summed E-state index contributed by atoms with van der Waals surface area (Å²) in [5.41, 5.74) is 0. The van der Waals surface area contributed by atoms with Gasteiger partial charge in [0.15, 0.2) is 5.15 Å². The van der Waals surface area contributed by atoms with E-state index in [1.165, 1.54) is 25.4 Å². The number of hydrogen-bond donors (Lipinski definition) is 1. The Balaban J connectivity index is 2.35. The van der Waals surface area contributed by atoms with Crippen LogP contribution in [0.3, 0.4) is 0 Å². The van der Waals surface area contributed by atoms with Gasteiger partial charge in [0.1, 0.15) is 4.21 Å². The van der Waals surface area contributed by atoms with Crippen LogP contribution in [0.2, 0.25) is 9.49 Å². The van der Waals surface area contributed by atoms with E-state index in [9.17, 15) is 8.42 Å². The predicted molar refractivity (Wildman–Crippen MR) is 73.7 cm³/mol. The zero-order valence-corrected chi connectivity index (χ0v) is 12.6. The van der Waals surface area contributed by atoms with E-state index < -0.39 is 10.0 Å². The molecule has 0 aromatic carbocycles. The molecule has 2 aromatic rings. The second-order valence-electron chi connectivity index (χ2n) is 3.21. The van der Waals surface area contributed by atoms with Gasteiger partial charge in [0.2, 0.25) is 5.82 Å². The Morgan fingerprint density at radius 3 is 2.68 bits per heavy atom. The SMILES string of the molecule is COc1nc(Cl)cnc1NS(=O)(=O)c1ccc(Cl)s1. The molecule has 102 valence electrons. The van der Waals surface area contributed by atoms with Crippen LogP contribution in [0.15, 0.2) is 22.5 Å². The fourth-order valence-corrected chi connectivity index (χ4v) is 3.80. The predicted octanol–water partition coefficient (Wildman–Crippen LogP) is 2.65. The lowest BCUT2D eigenvalue weighted by atomic mass is 10.6. The smallest absolute Gasteiger partial charge is 0.272 e. The first-order valence-electron chi connectivity index (χ1n) is 4.77. The van der Waals surface area contributed by atoms with Crippen LogP contribution < -0.4 is 9.46 Å². The molecule has 0 atom stereocenters. The van der Waals surface area contributed by atoms with Crippen LogP contribution in [0.4, 0.5) is 5.82 Å². The topological polar surface area (TPSA) is 81.2 Å². The van der Waals surface area contributed by atoms with Crippen molar-refractivity contribution >= 4 is 50.4 Å². The monoisotopic (exact) mass is 339 g/mol. The summed E-state index contributed by atoms with van der Waals surface area (Å²) in [6.45, 7) is 0. The number of sulfonamides is 1. The average Bonchev–Trinajstić information content (AvgIpc) is 2.79. The first-order chi connectivity index (χ1) is 8.92. The number of nitrogens with zero attached hydrogens (tertiary/aromatic N) is 2. The van der Waals surface area contributed by atoms with Crippen molar-refractivity contribution in [3.05, 3.63) is 27.8 Å². The van der Waals surface area contributed by atoms with Crippen molar-refractivity contribution in [3.63, 3.8) is 0 Å². The molecule has 0 saturated heterocycles. The summed E-state index contributed by atoms with van der Waals surface area (Å²) in [6.07, 6.45) is 1.21. The van der Waals surface area contributed by atoms with Crippen molar-refractivity contribution in [2.24, 2.45) is 0 Å². The third-order valence-electron chi connectivity index (χ3n) is 1.95. The van der Waals surface area contributed by atoms with Crippen LogP contribution >= 0.6 is 34.5 Å². The molecular formula is C9H7Cl2N3O3S2. The van der Waals surface area contributed by atoms with Gasteiger partial charge in [-0.1, -0.05) is 23.2 Å². The van der Waals surface area contributed by atoms with E-state index in [-0.39, 0.29) is 21.1 Å². The van der Waals surface area contributed by atoms with Gasteiger partial charge in [0, 0.05) is 0 Å². The van der Waals surface area contributed by atoms with Crippen molar-refractivity contribution in [1.82, 2.24) is 9.97 Å². The van der Waals surface area contributed by atoms with Crippen molar-refractivity contribution in [1.29, 1.82) is 0 Å². The molecule has 0 bridgehead atoms. The maximum absolute atomic E-state index is 12.1. The zero-order chi connectivity index (χ0) is 14.0. The summed E-state index contributed by atoms with van der Waals surface area (Å²) >= 11 is 12.3. The Bertz CT molecular complexity index is 702. The van der Waals surface area contributed by atoms with Gasteiger partial charge in [-0.25, -0.2) is 13.4 Å². The Kier molecular flexibility index (Phi) is 4.14. The molecule has 0 aliphatic heterocycles. The van der Waals surface area contributed by atoms with Gasteiger partial charge in [-0.3, -0.25) is 4.72 Å². The van der Waals surface area contributed by atoms with Crippen LogP contribution in [0.1, 0.15) is 0 Å². The van der Waals surface area contributed by atoms with Crippen molar-refractivity contribution in [3.8, 4) is 5.88 Å². The summed E-state index contributed by atoms with van der Waals surface area (Å²) in [4.78, 5) is 7.63. The highest BCUT2D eigenvalue weighted by Crippen LogP contribution is 2.29. The molecule has 0 aliphatic rings. The summed E-state index contributed by atoms with van der Waals surface area (Å²) in [7, 11) is -2.45. The van der Waals surface area contributed by atoms with Crippen LogP contribution in [0.25, 0.3) is 0 Å². The van der Waals surface area contributed by atoms with Crippen molar-refractivity contribution in [2.75, 3.05) is 11.8 Å². The van der Waals surface area contributed by atoms with Gasteiger partial charge in [0.25, 0.3) is 15.9 Å². The summed E-state index contributed by atoms with van der Waals surface area (Å²) < 4.78 is 31.7. The van der Waals surface area contributed by atoms with E-state index in [1.54, 1.807) is 0 Å². The van der Waals surface area contributed by atoms with E-state index in [2.05, 4.69) is 14.7 Å². The number of hydrogen-bond acceptors (Lipinski definition) is 6. The fourth-order valence-electron chi connectivity index (χ4n) is 1.18. The molecule has 0 fully saturated rings. The molecule has 0 spiro atoms. The number of nitrogens with one attached hydrogen (secondary N) is 1. The third kappa shape index (κ3) is 3.27. The number of anilines is 1. The number of thiophene rings is 1. The zero-order valence-electron chi connectivity index (χ0n) is 9.42. The average molecular weight is 340 g/mol. The normalized spacial score (nSPS) is 11.3. The lowest BCUT2D eigenvalue weighted by Gasteiger charge is -2.08. The van der Waals surface area contributed by atoms with E-state index in [0.29, 0.717) is 4.34 Å². The van der Waals surface area contributed by atoms with Crippen molar-refractivity contribution < 1.29 is 13.2 Å². The van der Waals surface area contributed by atoms with E-state index >= 15 is 0 Å². The number of aromatic nitrogens is 2. The van der Waals surface area contributed by atoms with Crippen LogP contribution in [-0.2, 0) is 10.0 Å². The highest BCUT2D eigenvalue weighted by molar-refractivity contribution is 7.94. The molecule has 2 rings (SSSR count). The molecule has 19 heavy (non-hydrogen) atoms. The molecule has 0 aliphatic carbocycles. The molecule has 2 heterocycles. The summed E-state index contributed by atoms with van der Waals surface area (Å²) in [6, 6.07) is 2.89. The minimum Gasteiger partial charge on any atom is -0.478 e. The maximum Gasteiger partial charge on any atom is 0.272 e. The van der Waals surface area contributed by atoms with Gasteiger partial charge < -0.3 is 4.74 Å². The van der Waals surface area contributed by atoms with E-state index in [0.717, 1.165) is 11.3 Å². The minimum atomic E-state index is -3.78. The quantitative estimate of drug-likeness (QED) is 0.925. The maximum atomic E-state index is 12.1. The molecule has 0 unspecified atom stereocenters. The number of methoxy groups -OCH3 is 1. The highest BCUT2D eigenvalue weighted by atomic mass is 35.5. The molecule has 0 amide bonds. The first kappa shape index (κ1) is 14.3. The Morgan fingerprint density at radius 2 is 2.11 bits per heavy atom. The Hall–Kier alpha value is -1.09. The summed E-state index contributed by atoms with van der Waals surface area (Å²) in [5.74, 6) is -0.0600. The van der Waals surface area contributed by atoms with Crippen LogP contribution in [-0.4, -0.2) is 25.5 Å². The standard InChI is InChI=1S/C9H7Cl2N3O3S2/c1-17-9-8(12-4-5(10)13-9)14-19(15,16)7-3-2-6(11)18-7/h2-4H,1H3,(H,12,14). The fraction of sp³-hybridized carbons (Fsp3) is 0.111. The van der Waals surface area contributed by atoms with E-state index in [4.69, 9.17) is 27.9 Å². The molecule has 0 saturated carbocycles. The van der Waals surface area contributed by atoms with Crippen molar-refractivity contribution in [2.45, 2.75) is 4.21 Å². The molecule has 1 N–H and O–H groups in total. The number of ether oxygens (including phenoxy) is 1. The van der Waals surface area contributed by atoms with Crippen LogP contribution in [0.5, 0.6) is 5.88 Å². The lowest BCUT2D eigenvalue weighted by Crippen LogP contribution is -2.14. The molecule has 2 aromatic heterocycles. The number of rotatable bonds is 4. The largest absolute Gasteiger partial charge is 0.478 e. The van der Waals surface area contributed by atoms with E-state index in [1.807, 2.05) is 0 Å². The third-order valence-corrected chi connectivity index (χ3v) is 5.19.